The molecule has 7 heteroatoms. The second-order valence-electron chi connectivity index (χ2n) is 8.51. The van der Waals surface area contributed by atoms with Crippen LogP contribution in [0.3, 0.4) is 0 Å². The zero-order valence-corrected chi connectivity index (χ0v) is 16.7. The van der Waals surface area contributed by atoms with Gasteiger partial charge in [-0.25, -0.2) is 4.79 Å². The molecule has 2 heterocycles. The summed E-state index contributed by atoms with van der Waals surface area (Å²) in [5.74, 6) is 0.385. The first-order chi connectivity index (χ1) is 14.1. The summed E-state index contributed by atoms with van der Waals surface area (Å²) in [5.41, 5.74) is 0.698. The Kier molecular flexibility index (Phi) is 6.06. The lowest BCUT2D eigenvalue weighted by molar-refractivity contribution is -0.143. The summed E-state index contributed by atoms with van der Waals surface area (Å²) in [7, 11) is 0. The number of piperidine rings is 1. The van der Waals surface area contributed by atoms with Gasteiger partial charge in [0.25, 0.3) is 0 Å². The summed E-state index contributed by atoms with van der Waals surface area (Å²) in [4.78, 5) is 25.3. The van der Waals surface area contributed by atoms with E-state index in [9.17, 15) is 14.7 Å². The lowest BCUT2D eigenvalue weighted by Crippen LogP contribution is -2.71. The van der Waals surface area contributed by atoms with Gasteiger partial charge < -0.3 is 24.8 Å². The Balaban J connectivity index is 1.38. The van der Waals surface area contributed by atoms with Crippen LogP contribution in [0.5, 0.6) is 0 Å². The van der Waals surface area contributed by atoms with Gasteiger partial charge in [-0.2, -0.15) is 0 Å². The van der Waals surface area contributed by atoms with E-state index >= 15 is 0 Å². The number of carbonyl (C=O) groups is 2. The molecule has 2 saturated heterocycles. The molecule has 3 aliphatic rings. The number of benzene rings is 1. The Bertz CT molecular complexity index is 715. The van der Waals surface area contributed by atoms with Gasteiger partial charge in [-0.15, -0.1) is 0 Å². The second kappa shape index (κ2) is 8.71. The highest BCUT2D eigenvalue weighted by Gasteiger charge is 2.49. The van der Waals surface area contributed by atoms with Crippen LogP contribution in [0.2, 0.25) is 0 Å². The molecule has 2 aliphatic heterocycles. The standard InChI is InChI=1S/C22H30N2O5/c25-20-14-28-15-22(23-20)11-4-12-24(21(26)27)19(22)13-29-18-9-7-17(8-10-18)16-5-2-1-3-6-16/h1-3,5-6,17-19H,4,7-15H2,(H,23,25)(H,26,27)/t17?,18?,19-,22+/m1/s1. The first-order valence-corrected chi connectivity index (χ1v) is 10.6. The van der Waals surface area contributed by atoms with Gasteiger partial charge in [-0.3, -0.25) is 4.79 Å². The van der Waals surface area contributed by atoms with Crippen molar-refractivity contribution in [3.8, 4) is 0 Å². The lowest BCUT2D eigenvalue weighted by Gasteiger charge is -2.50. The van der Waals surface area contributed by atoms with Crippen molar-refractivity contribution in [2.24, 2.45) is 0 Å². The summed E-state index contributed by atoms with van der Waals surface area (Å²) >= 11 is 0. The molecule has 1 aromatic carbocycles. The molecule has 29 heavy (non-hydrogen) atoms. The number of ether oxygens (including phenoxy) is 2. The monoisotopic (exact) mass is 402 g/mol. The third kappa shape index (κ3) is 4.41. The smallest absolute Gasteiger partial charge is 0.407 e. The van der Waals surface area contributed by atoms with Crippen molar-refractivity contribution in [3.05, 3.63) is 35.9 Å². The average molecular weight is 402 g/mol. The summed E-state index contributed by atoms with van der Waals surface area (Å²) in [6.45, 7) is 1.11. The molecule has 2 N–H and O–H groups in total. The van der Waals surface area contributed by atoms with Crippen molar-refractivity contribution in [1.82, 2.24) is 10.2 Å². The lowest BCUT2D eigenvalue weighted by atomic mass is 9.80. The topological polar surface area (TPSA) is 88.1 Å². The van der Waals surface area contributed by atoms with Gasteiger partial charge in [0.15, 0.2) is 0 Å². The van der Waals surface area contributed by atoms with Crippen LogP contribution >= 0.6 is 0 Å². The molecule has 2 atom stereocenters. The van der Waals surface area contributed by atoms with Crippen LogP contribution in [0, 0.1) is 0 Å². The van der Waals surface area contributed by atoms with Crippen LogP contribution in [-0.4, -0.2) is 66.1 Å². The fraction of sp³-hybridized carbons (Fsp3) is 0.636. The van der Waals surface area contributed by atoms with Gasteiger partial charge >= 0.3 is 6.09 Å². The number of hydrogen-bond acceptors (Lipinski definition) is 4. The van der Waals surface area contributed by atoms with Crippen LogP contribution in [0.25, 0.3) is 0 Å². The maximum Gasteiger partial charge on any atom is 0.407 e. The van der Waals surface area contributed by atoms with Crippen molar-refractivity contribution in [2.45, 2.75) is 62.1 Å². The molecule has 0 bridgehead atoms. The van der Waals surface area contributed by atoms with Gasteiger partial charge in [-0.1, -0.05) is 30.3 Å². The minimum atomic E-state index is -0.967. The van der Waals surface area contributed by atoms with Crippen molar-refractivity contribution >= 4 is 12.0 Å². The average Bonchev–Trinajstić information content (AvgIpc) is 2.73. The van der Waals surface area contributed by atoms with Crippen LogP contribution < -0.4 is 5.32 Å². The third-order valence-electron chi connectivity index (χ3n) is 6.70. The number of morpholine rings is 1. The molecule has 2 amide bonds. The number of carboxylic acid groups (broad SMARTS) is 1. The highest BCUT2D eigenvalue weighted by Crippen LogP contribution is 2.35. The zero-order chi connectivity index (χ0) is 20.3. The molecule has 3 fully saturated rings. The van der Waals surface area contributed by atoms with E-state index in [4.69, 9.17) is 9.47 Å². The van der Waals surface area contributed by atoms with Crippen molar-refractivity contribution in [3.63, 3.8) is 0 Å². The molecular formula is C22H30N2O5. The van der Waals surface area contributed by atoms with Crippen LogP contribution in [0.4, 0.5) is 4.79 Å². The highest BCUT2D eigenvalue weighted by molar-refractivity contribution is 5.79. The summed E-state index contributed by atoms with van der Waals surface area (Å²) in [6.07, 6.45) is 4.66. The molecule has 0 unspecified atom stereocenters. The molecule has 1 spiro atoms. The van der Waals surface area contributed by atoms with E-state index in [0.29, 0.717) is 31.9 Å². The fourth-order valence-corrected chi connectivity index (χ4v) is 5.17. The van der Waals surface area contributed by atoms with Crippen molar-refractivity contribution in [2.75, 3.05) is 26.4 Å². The number of rotatable bonds is 4. The number of hydrogen-bond donors (Lipinski definition) is 2. The largest absolute Gasteiger partial charge is 0.465 e. The molecule has 7 nitrogen and oxygen atoms in total. The molecule has 4 rings (SSSR count). The van der Waals surface area contributed by atoms with Gasteiger partial charge in [-0.05, 0) is 50.0 Å². The minimum absolute atomic E-state index is 0.0336. The number of amides is 2. The van der Waals surface area contributed by atoms with E-state index in [1.165, 1.54) is 10.5 Å². The molecule has 0 aromatic heterocycles. The molecule has 1 aliphatic carbocycles. The number of nitrogens with zero attached hydrogens (tertiary/aromatic N) is 1. The fourth-order valence-electron chi connectivity index (χ4n) is 5.17. The number of nitrogens with one attached hydrogen (secondary N) is 1. The van der Waals surface area contributed by atoms with Crippen LogP contribution in [0.1, 0.15) is 50.0 Å². The third-order valence-corrected chi connectivity index (χ3v) is 6.70. The van der Waals surface area contributed by atoms with E-state index in [-0.39, 0.29) is 25.2 Å². The SMILES string of the molecule is O=C1COC[C@]2(CCCN(C(=O)O)[C@@H]2COC2CCC(c3ccccc3)CC2)N1. The van der Waals surface area contributed by atoms with Crippen molar-refractivity contribution in [1.29, 1.82) is 0 Å². The van der Waals surface area contributed by atoms with Gasteiger partial charge in [0.1, 0.15) is 6.61 Å². The first kappa shape index (κ1) is 20.2. The van der Waals surface area contributed by atoms with E-state index in [1.807, 2.05) is 6.07 Å². The quantitative estimate of drug-likeness (QED) is 0.809. The summed E-state index contributed by atoms with van der Waals surface area (Å²) < 4.78 is 11.7. The van der Waals surface area contributed by atoms with E-state index in [1.54, 1.807) is 0 Å². The Hall–Kier alpha value is -2.12. The molecule has 1 aromatic rings. The van der Waals surface area contributed by atoms with Crippen LogP contribution in [0.15, 0.2) is 30.3 Å². The van der Waals surface area contributed by atoms with Gasteiger partial charge in [0, 0.05) is 6.54 Å². The van der Waals surface area contributed by atoms with Crippen molar-refractivity contribution < 1.29 is 24.2 Å². The van der Waals surface area contributed by atoms with E-state index in [2.05, 4.69) is 29.6 Å². The van der Waals surface area contributed by atoms with E-state index < -0.39 is 17.7 Å². The Morgan fingerprint density at radius 3 is 2.69 bits per heavy atom. The maximum atomic E-state index is 12.0. The van der Waals surface area contributed by atoms with Gasteiger partial charge in [0.05, 0.1) is 30.9 Å². The van der Waals surface area contributed by atoms with E-state index in [0.717, 1.165) is 25.7 Å². The predicted octanol–water partition coefficient (Wildman–Crippen LogP) is 2.76. The zero-order valence-electron chi connectivity index (χ0n) is 16.7. The first-order valence-electron chi connectivity index (χ1n) is 10.6. The highest BCUT2D eigenvalue weighted by atomic mass is 16.5. The normalized spacial score (nSPS) is 32.8. The molecule has 0 radical (unpaired) electrons. The number of likely N-dealkylation sites (tertiary alicyclic amines) is 1. The summed E-state index contributed by atoms with van der Waals surface area (Å²) in [5, 5.41) is 12.7. The second-order valence-corrected chi connectivity index (χ2v) is 8.51. The Labute approximate surface area is 171 Å². The summed E-state index contributed by atoms with van der Waals surface area (Å²) in [6, 6.07) is 10.2. The van der Waals surface area contributed by atoms with Crippen LogP contribution in [-0.2, 0) is 14.3 Å². The minimum Gasteiger partial charge on any atom is -0.465 e. The maximum absolute atomic E-state index is 12.0. The number of carbonyl (C=O) groups excluding carboxylic acids is 1. The molecule has 158 valence electrons. The Morgan fingerprint density at radius 2 is 2.00 bits per heavy atom. The predicted molar refractivity (Wildman–Crippen MR) is 107 cm³/mol. The molecule has 1 saturated carbocycles. The Morgan fingerprint density at radius 1 is 1.24 bits per heavy atom. The molecular weight excluding hydrogens is 372 g/mol. The van der Waals surface area contributed by atoms with Gasteiger partial charge in [0.2, 0.25) is 5.91 Å².